The fourth-order valence-corrected chi connectivity index (χ4v) is 2.92. The highest BCUT2D eigenvalue weighted by molar-refractivity contribution is 8.14. The van der Waals surface area contributed by atoms with Crippen LogP contribution in [0.15, 0.2) is 28.7 Å². The van der Waals surface area contributed by atoms with Gasteiger partial charge in [-0.25, -0.2) is 5.84 Å². The second-order valence-electron chi connectivity index (χ2n) is 4.41. The number of nitrogen functional groups attached to an aromatic ring is 1. The average molecular weight is 305 g/mol. The van der Waals surface area contributed by atoms with Gasteiger partial charge in [-0.3, -0.25) is 24.7 Å². The first-order valence-electron chi connectivity index (χ1n) is 6.10. The van der Waals surface area contributed by atoms with Crippen molar-refractivity contribution in [3.05, 3.63) is 35.6 Å². The molecule has 3 amide bonds. The van der Waals surface area contributed by atoms with Gasteiger partial charge >= 0.3 is 5.91 Å². The number of hydrogen-bond donors (Lipinski definition) is 2. The molecule has 3 N–H and O–H groups in total. The molecular formula is C13H11N3O4S. The van der Waals surface area contributed by atoms with E-state index in [1.54, 1.807) is 24.3 Å². The van der Waals surface area contributed by atoms with Gasteiger partial charge in [-0.05, 0) is 6.07 Å². The van der Waals surface area contributed by atoms with Crippen LogP contribution in [0, 0.1) is 0 Å². The second kappa shape index (κ2) is 5.23. The molecule has 1 aliphatic heterocycles. The van der Waals surface area contributed by atoms with Gasteiger partial charge in [-0.2, -0.15) is 0 Å². The van der Waals surface area contributed by atoms with Gasteiger partial charge in [0.25, 0.3) is 5.24 Å². The lowest BCUT2D eigenvalue weighted by Crippen LogP contribution is -2.32. The molecule has 8 heteroatoms. The zero-order chi connectivity index (χ0) is 15.0. The summed E-state index contributed by atoms with van der Waals surface area (Å²) in [5, 5.41) is 0.345. The fraction of sp³-hybridized carbons (Fsp3) is 0.154. The number of imide groups is 1. The highest BCUT2D eigenvalue weighted by atomic mass is 32.2. The quantitative estimate of drug-likeness (QED) is 0.502. The van der Waals surface area contributed by atoms with Crippen LogP contribution in [-0.2, 0) is 11.3 Å². The predicted octanol–water partition coefficient (Wildman–Crippen LogP) is 1.23. The van der Waals surface area contributed by atoms with E-state index in [9.17, 15) is 14.4 Å². The van der Waals surface area contributed by atoms with E-state index in [-0.39, 0.29) is 29.2 Å². The van der Waals surface area contributed by atoms with Crippen molar-refractivity contribution in [3.63, 3.8) is 0 Å². The first-order chi connectivity index (χ1) is 10.1. The van der Waals surface area contributed by atoms with E-state index in [0.29, 0.717) is 16.5 Å². The van der Waals surface area contributed by atoms with Gasteiger partial charge in [0.2, 0.25) is 5.91 Å². The average Bonchev–Trinajstić information content (AvgIpc) is 3.02. The molecule has 1 aliphatic rings. The number of carbonyl (C=O) groups is 3. The van der Waals surface area contributed by atoms with Gasteiger partial charge in [0, 0.05) is 10.9 Å². The summed E-state index contributed by atoms with van der Waals surface area (Å²) in [5.74, 6) is 4.39. The van der Waals surface area contributed by atoms with Crippen molar-refractivity contribution < 1.29 is 18.8 Å². The first-order valence-corrected chi connectivity index (χ1v) is 7.09. The van der Waals surface area contributed by atoms with E-state index in [1.165, 1.54) is 0 Å². The van der Waals surface area contributed by atoms with Crippen molar-refractivity contribution in [1.82, 2.24) is 10.3 Å². The Hall–Kier alpha value is -2.32. The molecule has 0 bridgehead atoms. The Morgan fingerprint density at radius 1 is 1.38 bits per heavy atom. The molecule has 2 aromatic rings. The van der Waals surface area contributed by atoms with Crippen LogP contribution in [0.3, 0.4) is 0 Å². The van der Waals surface area contributed by atoms with E-state index in [1.807, 2.05) is 5.43 Å². The molecule has 2 heterocycles. The number of rotatable bonds is 3. The van der Waals surface area contributed by atoms with E-state index in [4.69, 9.17) is 10.3 Å². The van der Waals surface area contributed by atoms with Crippen LogP contribution < -0.4 is 11.3 Å². The number of furan rings is 1. The molecule has 108 valence electrons. The molecule has 0 spiro atoms. The molecule has 1 fully saturated rings. The van der Waals surface area contributed by atoms with Crippen molar-refractivity contribution in [2.24, 2.45) is 5.84 Å². The third-order valence-electron chi connectivity index (χ3n) is 3.19. The monoisotopic (exact) mass is 305 g/mol. The maximum Gasteiger partial charge on any atom is 0.301 e. The van der Waals surface area contributed by atoms with Crippen LogP contribution in [-0.4, -0.2) is 27.7 Å². The summed E-state index contributed by atoms with van der Waals surface area (Å²) in [6.45, 7) is -0.00949. The van der Waals surface area contributed by atoms with Crippen LogP contribution in [0.4, 0.5) is 4.79 Å². The summed E-state index contributed by atoms with van der Waals surface area (Å²) in [4.78, 5) is 36.4. The molecule has 0 atom stereocenters. The maximum absolute atomic E-state index is 11.8. The number of nitrogens with one attached hydrogen (secondary N) is 1. The van der Waals surface area contributed by atoms with E-state index in [2.05, 4.69) is 0 Å². The standard InChI is InChI=1S/C13H11N3O4S/c14-15-12(18)11-8(5-16-10(17)6-21-13(16)19)7-3-1-2-4-9(7)20-11/h1-4H,5-6,14H2,(H,15,18). The second-order valence-corrected chi connectivity index (χ2v) is 5.34. The molecule has 0 saturated carbocycles. The Bertz CT molecular complexity index is 739. The lowest BCUT2D eigenvalue weighted by atomic mass is 10.1. The van der Waals surface area contributed by atoms with Crippen LogP contribution in [0.2, 0.25) is 0 Å². The van der Waals surface area contributed by atoms with Crippen molar-refractivity contribution >= 4 is 39.8 Å². The smallest absolute Gasteiger partial charge is 0.301 e. The van der Waals surface area contributed by atoms with Gasteiger partial charge in [0.05, 0.1) is 12.3 Å². The summed E-state index contributed by atoms with van der Waals surface area (Å²) in [6.07, 6.45) is 0. The molecule has 3 rings (SSSR count). The predicted molar refractivity (Wildman–Crippen MR) is 76.3 cm³/mol. The Morgan fingerprint density at radius 2 is 2.14 bits per heavy atom. The largest absolute Gasteiger partial charge is 0.450 e. The molecule has 1 saturated heterocycles. The van der Waals surface area contributed by atoms with Gasteiger partial charge in [-0.1, -0.05) is 30.0 Å². The first kappa shape index (κ1) is 13.7. The van der Waals surface area contributed by atoms with Gasteiger partial charge in [0.1, 0.15) is 5.58 Å². The highest BCUT2D eigenvalue weighted by Crippen LogP contribution is 2.29. The number of para-hydroxylation sites is 1. The van der Waals surface area contributed by atoms with Crippen molar-refractivity contribution in [2.75, 3.05) is 5.75 Å². The number of benzene rings is 1. The number of hydrogen-bond acceptors (Lipinski definition) is 6. The molecule has 21 heavy (non-hydrogen) atoms. The summed E-state index contributed by atoms with van der Waals surface area (Å²) in [5.41, 5.74) is 2.97. The van der Waals surface area contributed by atoms with E-state index in [0.717, 1.165) is 16.7 Å². The number of nitrogens with two attached hydrogens (primary N) is 1. The Kier molecular flexibility index (Phi) is 3.40. The molecule has 0 aliphatic carbocycles. The summed E-state index contributed by atoms with van der Waals surface area (Å²) in [7, 11) is 0. The molecular weight excluding hydrogens is 294 g/mol. The van der Waals surface area contributed by atoms with Gasteiger partial charge in [-0.15, -0.1) is 0 Å². The molecule has 1 aromatic heterocycles. The van der Waals surface area contributed by atoms with E-state index >= 15 is 0 Å². The minimum Gasteiger partial charge on any atom is -0.450 e. The Labute approximate surface area is 123 Å². The van der Waals surface area contributed by atoms with Crippen LogP contribution in [0.25, 0.3) is 11.0 Å². The summed E-state index contributed by atoms with van der Waals surface area (Å²) < 4.78 is 5.48. The molecule has 0 radical (unpaired) electrons. The number of amides is 3. The lowest BCUT2D eigenvalue weighted by molar-refractivity contribution is -0.125. The fourth-order valence-electron chi connectivity index (χ4n) is 2.20. The summed E-state index contributed by atoms with van der Waals surface area (Å²) >= 11 is 0.942. The minimum absolute atomic E-state index is 0.00949. The van der Waals surface area contributed by atoms with Crippen LogP contribution in [0.1, 0.15) is 16.1 Å². The van der Waals surface area contributed by atoms with Gasteiger partial charge in [0.15, 0.2) is 5.76 Å². The van der Waals surface area contributed by atoms with Crippen molar-refractivity contribution in [1.29, 1.82) is 0 Å². The van der Waals surface area contributed by atoms with Crippen LogP contribution >= 0.6 is 11.8 Å². The Balaban J connectivity index is 2.09. The number of fused-ring (bicyclic) bond motifs is 1. The normalized spacial score (nSPS) is 15.0. The van der Waals surface area contributed by atoms with E-state index < -0.39 is 5.91 Å². The van der Waals surface area contributed by atoms with Crippen molar-refractivity contribution in [3.8, 4) is 0 Å². The Morgan fingerprint density at radius 3 is 2.81 bits per heavy atom. The molecule has 0 unspecified atom stereocenters. The zero-order valence-electron chi connectivity index (χ0n) is 10.8. The highest BCUT2D eigenvalue weighted by Gasteiger charge is 2.32. The lowest BCUT2D eigenvalue weighted by Gasteiger charge is -2.12. The minimum atomic E-state index is -0.604. The molecule has 7 nitrogen and oxygen atoms in total. The molecule has 1 aromatic carbocycles. The van der Waals surface area contributed by atoms with Crippen molar-refractivity contribution in [2.45, 2.75) is 6.54 Å². The maximum atomic E-state index is 11.8. The number of thioether (sulfide) groups is 1. The topological polar surface area (TPSA) is 106 Å². The summed E-state index contributed by atoms with van der Waals surface area (Å²) in [6, 6.07) is 7.02. The SMILES string of the molecule is NNC(=O)c1oc2ccccc2c1CN1C(=O)CSC1=O. The third-order valence-corrected chi connectivity index (χ3v) is 4.05. The van der Waals surface area contributed by atoms with Crippen LogP contribution in [0.5, 0.6) is 0 Å². The number of nitrogens with zero attached hydrogens (tertiary/aromatic N) is 1. The third kappa shape index (κ3) is 2.28. The van der Waals surface area contributed by atoms with Gasteiger partial charge < -0.3 is 4.42 Å². The zero-order valence-corrected chi connectivity index (χ0v) is 11.6. The number of carbonyl (C=O) groups excluding carboxylic acids is 3. The number of hydrazine groups is 1.